The molecule has 2 atom stereocenters. The van der Waals surface area contributed by atoms with Crippen molar-refractivity contribution in [2.75, 3.05) is 39.6 Å². The van der Waals surface area contributed by atoms with Gasteiger partial charge in [-0.05, 0) is 26.7 Å². The average molecular weight is 507 g/mol. The van der Waals surface area contributed by atoms with Crippen molar-refractivity contribution < 1.29 is 52.3 Å². The van der Waals surface area contributed by atoms with E-state index in [4.69, 9.17) is 33.2 Å². The zero-order valence-electron chi connectivity index (χ0n) is 21.5. The van der Waals surface area contributed by atoms with Crippen molar-refractivity contribution in [3.8, 4) is 0 Å². The van der Waals surface area contributed by atoms with Gasteiger partial charge in [-0.1, -0.05) is 52.4 Å². The maximum Gasteiger partial charge on any atom is 0.509 e. The lowest BCUT2D eigenvalue weighted by Gasteiger charge is -2.13. The molecule has 0 aromatic carbocycles. The highest BCUT2D eigenvalue weighted by atomic mass is 16.7. The second-order valence-electron chi connectivity index (χ2n) is 7.79. The van der Waals surface area contributed by atoms with Crippen LogP contribution in [-0.2, 0) is 42.7 Å². The Morgan fingerprint density at radius 3 is 1.29 bits per heavy atom. The predicted octanol–water partition coefficient (Wildman–Crippen LogP) is 4.33. The lowest BCUT2D eigenvalue weighted by Crippen LogP contribution is -2.28. The fourth-order valence-electron chi connectivity index (χ4n) is 2.56. The monoisotopic (exact) mass is 506 g/mol. The van der Waals surface area contributed by atoms with Crippen molar-refractivity contribution in [3.63, 3.8) is 0 Å². The Labute approximate surface area is 208 Å². The summed E-state index contributed by atoms with van der Waals surface area (Å²) in [5.74, 6) is -1.26. The molecule has 0 N–H and O–H groups in total. The fourth-order valence-corrected chi connectivity index (χ4v) is 2.56. The third-order valence-electron chi connectivity index (χ3n) is 4.59. The number of rotatable bonds is 20. The Hall–Kier alpha value is -2.56. The largest absolute Gasteiger partial charge is 0.509 e. The van der Waals surface area contributed by atoms with Gasteiger partial charge in [-0.25, -0.2) is 19.2 Å². The van der Waals surface area contributed by atoms with E-state index >= 15 is 0 Å². The molecule has 204 valence electrons. The molecule has 0 aromatic heterocycles. The van der Waals surface area contributed by atoms with E-state index in [1.807, 2.05) is 0 Å². The minimum Gasteiger partial charge on any atom is -0.463 e. The summed E-state index contributed by atoms with van der Waals surface area (Å²) in [5, 5.41) is 0. The predicted molar refractivity (Wildman–Crippen MR) is 125 cm³/mol. The van der Waals surface area contributed by atoms with Gasteiger partial charge in [0.05, 0.1) is 26.4 Å². The molecular weight excluding hydrogens is 464 g/mol. The van der Waals surface area contributed by atoms with Crippen LogP contribution in [0.2, 0.25) is 0 Å². The van der Waals surface area contributed by atoms with E-state index in [-0.39, 0.29) is 39.6 Å². The van der Waals surface area contributed by atoms with Crippen LogP contribution in [0.25, 0.3) is 0 Å². The molecule has 0 heterocycles. The van der Waals surface area contributed by atoms with Crippen LogP contribution in [0.4, 0.5) is 9.59 Å². The Morgan fingerprint density at radius 1 is 0.514 bits per heavy atom. The summed E-state index contributed by atoms with van der Waals surface area (Å²) in [6, 6.07) is 0. The number of unbranched alkanes of at least 4 members (excludes halogenated alkanes) is 6. The molecule has 0 aliphatic heterocycles. The molecule has 0 rings (SSSR count). The lowest BCUT2D eigenvalue weighted by atomic mass is 10.2. The topological polar surface area (TPSA) is 133 Å². The van der Waals surface area contributed by atoms with Crippen molar-refractivity contribution in [2.24, 2.45) is 0 Å². The van der Waals surface area contributed by atoms with E-state index < -0.39 is 36.5 Å². The number of esters is 2. The molecule has 0 aliphatic carbocycles. The first kappa shape index (κ1) is 32.4. The number of ether oxygens (including phenoxy) is 7. The first-order valence-corrected chi connectivity index (χ1v) is 12.4. The van der Waals surface area contributed by atoms with E-state index in [1.54, 1.807) is 0 Å². The molecule has 11 heteroatoms. The molecular formula is C24H42O11. The second-order valence-corrected chi connectivity index (χ2v) is 7.79. The molecule has 0 spiro atoms. The van der Waals surface area contributed by atoms with Crippen molar-refractivity contribution in [1.29, 1.82) is 0 Å². The highest BCUT2D eigenvalue weighted by Gasteiger charge is 2.21. The van der Waals surface area contributed by atoms with Crippen molar-refractivity contribution in [1.82, 2.24) is 0 Å². The SMILES string of the molecule is CCCCCCOC(=O)[C@H](C)OC(=O)OCCOCCOC(=O)O[C@H](C)C(=O)OCCCCCC. The summed E-state index contributed by atoms with van der Waals surface area (Å²) in [6.07, 6.45) is 3.60. The molecule has 0 aliphatic rings. The number of hydrogen-bond donors (Lipinski definition) is 0. The van der Waals surface area contributed by atoms with Crippen LogP contribution in [0, 0.1) is 0 Å². The average Bonchev–Trinajstić information content (AvgIpc) is 2.82. The maximum atomic E-state index is 11.7. The highest BCUT2D eigenvalue weighted by Crippen LogP contribution is 2.04. The van der Waals surface area contributed by atoms with E-state index in [0.717, 1.165) is 51.4 Å². The summed E-state index contributed by atoms with van der Waals surface area (Å²) in [5.41, 5.74) is 0. The molecule has 0 saturated carbocycles. The summed E-state index contributed by atoms with van der Waals surface area (Å²) in [4.78, 5) is 46.7. The first-order valence-electron chi connectivity index (χ1n) is 12.4. The van der Waals surface area contributed by atoms with Gasteiger partial charge in [0.2, 0.25) is 0 Å². The maximum absolute atomic E-state index is 11.7. The van der Waals surface area contributed by atoms with Crippen molar-refractivity contribution in [3.05, 3.63) is 0 Å². The number of carbonyl (C=O) groups excluding carboxylic acids is 4. The molecule has 0 bridgehead atoms. The van der Waals surface area contributed by atoms with E-state index in [1.165, 1.54) is 13.8 Å². The van der Waals surface area contributed by atoms with Gasteiger partial charge >= 0.3 is 24.2 Å². The zero-order valence-corrected chi connectivity index (χ0v) is 21.5. The van der Waals surface area contributed by atoms with Gasteiger partial charge < -0.3 is 33.2 Å². The summed E-state index contributed by atoms with van der Waals surface area (Å²) < 4.78 is 34.5. The number of carbonyl (C=O) groups is 4. The van der Waals surface area contributed by atoms with E-state index in [2.05, 4.69) is 13.8 Å². The molecule has 0 amide bonds. The highest BCUT2D eigenvalue weighted by molar-refractivity contribution is 5.77. The van der Waals surface area contributed by atoms with Crippen molar-refractivity contribution in [2.45, 2.75) is 91.3 Å². The molecule has 0 radical (unpaired) electrons. The second kappa shape index (κ2) is 21.9. The van der Waals surface area contributed by atoms with Gasteiger partial charge in [-0.15, -0.1) is 0 Å². The Bertz CT molecular complexity index is 544. The Kier molecular flexibility index (Phi) is 20.3. The van der Waals surface area contributed by atoms with Gasteiger partial charge in [-0.3, -0.25) is 0 Å². The van der Waals surface area contributed by atoms with Gasteiger partial charge in [0.15, 0.2) is 12.2 Å². The third kappa shape index (κ3) is 19.4. The van der Waals surface area contributed by atoms with Gasteiger partial charge in [0.1, 0.15) is 13.2 Å². The summed E-state index contributed by atoms with van der Waals surface area (Å²) in [7, 11) is 0. The quantitative estimate of drug-likeness (QED) is 0.133. The molecule has 0 unspecified atom stereocenters. The van der Waals surface area contributed by atoms with Crippen LogP contribution in [0.15, 0.2) is 0 Å². The van der Waals surface area contributed by atoms with Crippen molar-refractivity contribution >= 4 is 24.2 Å². The van der Waals surface area contributed by atoms with Gasteiger partial charge in [0.25, 0.3) is 0 Å². The third-order valence-corrected chi connectivity index (χ3v) is 4.59. The number of hydrogen-bond acceptors (Lipinski definition) is 11. The minimum atomic E-state index is -1.07. The van der Waals surface area contributed by atoms with Gasteiger partial charge in [-0.2, -0.15) is 0 Å². The standard InChI is InChI=1S/C24H42O11/c1-5-7-9-11-13-30-21(25)19(3)34-23(27)32-17-15-29-16-18-33-24(28)35-20(4)22(26)31-14-12-10-8-6-2/h19-20H,5-18H2,1-4H3/t19-,20+. The molecule has 35 heavy (non-hydrogen) atoms. The van der Waals surface area contributed by atoms with Crippen LogP contribution in [-0.4, -0.2) is 76.1 Å². The Balaban J connectivity index is 3.73. The normalized spacial score (nSPS) is 12.2. The first-order chi connectivity index (χ1) is 16.8. The van der Waals surface area contributed by atoms with Crippen LogP contribution < -0.4 is 0 Å². The summed E-state index contributed by atoms with van der Waals surface area (Å²) >= 11 is 0. The minimum absolute atomic E-state index is 0.0184. The summed E-state index contributed by atoms with van der Waals surface area (Å²) in [6.45, 7) is 7.33. The van der Waals surface area contributed by atoms with Crippen LogP contribution in [0.5, 0.6) is 0 Å². The van der Waals surface area contributed by atoms with Crippen LogP contribution in [0.3, 0.4) is 0 Å². The Morgan fingerprint density at radius 2 is 0.914 bits per heavy atom. The fraction of sp³-hybridized carbons (Fsp3) is 0.833. The lowest BCUT2D eigenvalue weighted by molar-refractivity contribution is -0.154. The zero-order chi connectivity index (χ0) is 26.3. The van der Waals surface area contributed by atoms with Crippen LogP contribution >= 0.6 is 0 Å². The smallest absolute Gasteiger partial charge is 0.463 e. The molecule has 11 nitrogen and oxygen atoms in total. The molecule has 0 saturated heterocycles. The van der Waals surface area contributed by atoms with E-state index in [9.17, 15) is 19.2 Å². The van der Waals surface area contributed by atoms with Gasteiger partial charge in [0, 0.05) is 0 Å². The molecule has 0 fully saturated rings. The van der Waals surface area contributed by atoms with E-state index in [0.29, 0.717) is 0 Å². The molecule has 0 aromatic rings. The van der Waals surface area contributed by atoms with Crippen LogP contribution in [0.1, 0.15) is 79.1 Å².